The molecule has 5 fully saturated rings. The van der Waals surface area contributed by atoms with Crippen molar-refractivity contribution in [1.82, 2.24) is 35.0 Å². The summed E-state index contributed by atoms with van der Waals surface area (Å²) in [5, 5.41) is 15.0. The monoisotopic (exact) mass is 1230 g/mol. The predicted octanol–water partition coefficient (Wildman–Crippen LogP) is 10.4. The minimum absolute atomic E-state index is 0.00511. The Morgan fingerprint density at radius 3 is 2.26 bits per heavy atom. The van der Waals surface area contributed by atoms with Gasteiger partial charge in [-0.1, -0.05) is 60.5 Å². The summed E-state index contributed by atoms with van der Waals surface area (Å²) in [5.41, 5.74) is 4.33. The van der Waals surface area contributed by atoms with Crippen LogP contribution < -0.4 is 29.3 Å². The van der Waals surface area contributed by atoms with Gasteiger partial charge in [0.1, 0.15) is 48.2 Å². The number of ketones is 1. The average molecular weight is 1230 g/mol. The number of fused-ring (bicyclic) bond motifs is 2. The third kappa shape index (κ3) is 13.4. The Hall–Kier alpha value is -6.83. The first-order chi connectivity index (χ1) is 42.0. The Morgan fingerprint density at radius 2 is 1.59 bits per heavy atom. The average Bonchev–Trinajstić information content (AvgIpc) is 0.934. The molecule has 5 aromatic rings. The number of hydrogen-bond acceptors (Lipinski definition) is 15. The lowest BCUT2D eigenvalue weighted by atomic mass is 9.64. The summed E-state index contributed by atoms with van der Waals surface area (Å²) < 4.78 is 57.5. The number of β-amino-alcohol motifs (C(OH)–C–C–N with tert-alkyl or cyclic N) is 1. The van der Waals surface area contributed by atoms with Crippen LogP contribution in [0.25, 0.3) is 32.9 Å². The number of methoxy groups -OCH3 is 2. The highest BCUT2D eigenvalue weighted by Crippen LogP contribution is 2.46. The number of pyridine rings is 1. The van der Waals surface area contributed by atoms with Crippen molar-refractivity contribution in [3.63, 3.8) is 0 Å². The van der Waals surface area contributed by atoms with Crippen molar-refractivity contribution >= 4 is 64.9 Å². The molecule has 0 radical (unpaired) electrons. The topological polar surface area (TPSA) is 192 Å². The van der Waals surface area contributed by atoms with E-state index in [9.17, 15) is 24.3 Å². The Labute approximate surface area is 517 Å². The van der Waals surface area contributed by atoms with E-state index in [0.717, 1.165) is 52.1 Å². The van der Waals surface area contributed by atoms with Gasteiger partial charge in [-0.05, 0) is 110 Å². The molecule has 4 amide bonds. The Kier molecular flexibility index (Phi) is 19.5. The van der Waals surface area contributed by atoms with E-state index in [4.69, 9.17) is 33.9 Å². The number of benzene rings is 3. The smallest absolute Gasteiger partial charge is 0.328 e. The highest BCUT2D eigenvalue weighted by Gasteiger charge is 2.46. The van der Waals surface area contributed by atoms with E-state index >= 15 is 8.78 Å². The molecule has 0 bridgehead atoms. The van der Waals surface area contributed by atoms with Crippen molar-refractivity contribution in [2.24, 2.45) is 17.3 Å². The number of ether oxygens (including phenoxy) is 4. The van der Waals surface area contributed by atoms with Crippen LogP contribution in [0.2, 0.25) is 16.6 Å². The molecule has 4 saturated heterocycles. The number of nitrogens with one attached hydrogen (secondary N) is 1. The Bertz CT molecular complexity index is 3480. The van der Waals surface area contributed by atoms with Gasteiger partial charge < -0.3 is 43.7 Å². The lowest BCUT2D eigenvalue weighted by Gasteiger charge is -2.45. The number of hydrogen-bond donors (Lipinski definition) is 2. The van der Waals surface area contributed by atoms with Gasteiger partial charge in [0.25, 0.3) is 5.91 Å². The second-order valence-corrected chi connectivity index (χ2v) is 32.1. The molecule has 18 nitrogen and oxygen atoms in total. The molecule has 1 saturated carbocycles. The number of urea groups is 1. The van der Waals surface area contributed by atoms with Crippen LogP contribution in [0.3, 0.4) is 0 Å². The molecule has 3 atom stereocenters. The van der Waals surface area contributed by atoms with Crippen LogP contribution in [0.5, 0.6) is 17.5 Å². The van der Waals surface area contributed by atoms with E-state index in [1.165, 1.54) is 25.2 Å². The molecular weight excluding hydrogens is 1140 g/mol. The normalized spacial score (nSPS) is 20.9. The van der Waals surface area contributed by atoms with Crippen molar-refractivity contribution in [2.75, 3.05) is 109 Å². The molecule has 1 spiro atoms. The first-order valence-corrected chi connectivity index (χ1v) is 33.7. The van der Waals surface area contributed by atoms with Gasteiger partial charge in [0.05, 0.1) is 36.0 Å². The minimum Gasteiger partial charge on any atom is -0.495 e. The van der Waals surface area contributed by atoms with E-state index in [0.29, 0.717) is 119 Å². The fourth-order valence-corrected chi connectivity index (χ4v) is 19.9. The maximum absolute atomic E-state index is 17.9. The molecule has 4 aliphatic heterocycles. The molecular formula is C67H87F2N9O9Si. The molecule has 10 rings (SSSR count). The lowest BCUT2D eigenvalue weighted by Crippen LogP contribution is -2.51. The largest absolute Gasteiger partial charge is 0.495 e. The summed E-state index contributed by atoms with van der Waals surface area (Å²) in [7, 11) is 0.666. The first kappa shape index (κ1) is 64.2. The zero-order valence-corrected chi connectivity index (χ0v) is 53.9. The molecule has 6 heterocycles. The zero-order valence-electron chi connectivity index (χ0n) is 52.9. The number of aromatic nitrogens is 3. The van der Waals surface area contributed by atoms with Gasteiger partial charge in [-0.15, -0.1) is 5.54 Å². The van der Waals surface area contributed by atoms with Crippen LogP contribution in [-0.4, -0.2) is 172 Å². The minimum atomic E-state index is -2.34. The molecule has 1 aliphatic carbocycles. The molecule has 1 unspecified atom stereocenters. The van der Waals surface area contributed by atoms with Crippen molar-refractivity contribution < 1.29 is 52.0 Å². The molecule has 88 heavy (non-hydrogen) atoms. The lowest BCUT2D eigenvalue weighted by molar-refractivity contribution is -0.136. The molecule has 2 aromatic heterocycles. The summed E-state index contributed by atoms with van der Waals surface area (Å²) >= 11 is 0. The van der Waals surface area contributed by atoms with Crippen molar-refractivity contribution in [2.45, 2.75) is 129 Å². The van der Waals surface area contributed by atoms with E-state index in [-0.39, 0.29) is 84.9 Å². The van der Waals surface area contributed by atoms with Gasteiger partial charge in [-0.25, -0.2) is 13.6 Å². The van der Waals surface area contributed by atoms with Gasteiger partial charge in [0, 0.05) is 126 Å². The van der Waals surface area contributed by atoms with Gasteiger partial charge in [0.15, 0.2) is 12.6 Å². The van der Waals surface area contributed by atoms with Crippen LogP contribution in [0.4, 0.5) is 25.1 Å². The first-order valence-electron chi connectivity index (χ1n) is 31.5. The molecule has 5 aliphatic rings. The maximum atomic E-state index is 17.9. The molecule has 472 valence electrons. The summed E-state index contributed by atoms with van der Waals surface area (Å²) in [6, 6.07) is 10.9. The number of Topliss-reactive ketones (excluding diaryl/α,β-unsaturated/α-hetero) is 1. The van der Waals surface area contributed by atoms with E-state index in [1.807, 2.05) is 4.90 Å². The quantitative estimate of drug-likeness (QED) is 0.0478. The highest BCUT2D eigenvalue weighted by atomic mass is 28.3. The van der Waals surface area contributed by atoms with E-state index in [1.54, 1.807) is 54.4 Å². The second-order valence-electron chi connectivity index (χ2n) is 26.5. The SMILES string of the molecule is COCOc1cc(-c2ncc3c(N4CCC[C@@](C)(O)C4)nc(OC[C@H](C)CN4CCN(CC5CCC6(CCN(C(=O)c7ccc(OC)c(N8CCC(=O)NC8=O)c7)CC6)C(=O)C5)CC4)nc3c2F)c2c(C#C[Si](C(C)C)(C(C)C)C(C)C)c(F)ccc2c1. The Morgan fingerprint density at radius 1 is 0.864 bits per heavy atom. The third-order valence-corrected chi connectivity index (χ3v) is 25.7. The number of rotatable bonds is 18. The van der Waals surface area contributed by atoms with Crippen LogP contribution >= 0.6 is 0 Å². The number of amides is 4. The molecule has 21 heteroatoms. The van der Waals surface area contributed by atoms with Gasteiger partial charge >= 0.3 is 12.0 Å². The number of halogens is 2. The number of likely N-dealkylation sites (tertiary alicyclic amines) is 1. The van der Waals surface area contributed by atoms with Crippen LogP contribution in [-0.2, 0) is 14.3 Å². The third-order valence-electron chi connectivity index (χ3n) is 19.5. The standard InChI is InChI=1S/C67H87F2N9O9Si/c1-42(2)88(43(3)4,44(5)6)31-18-50-53(68)14-12-47-33-49(87-41-84-9)35-51(58(47)50)60-59(69)61-52(36-70-60)62(77-23-11-19-66(8,83)40-77)73-64(72-61)86-39-45(7)37-74-27-29-75(30-28-74)38-46-16-20-67(56(79)32-46)21-25-76(26-22-67)63(81)48-13-15-55(85-10)54(34-48)78-24-17-57(80)71-65(78)82/h12-15,33-36,42-46,83H,11,16-17,19-30,32,37-41H2,1-10H3,(H,71,80,82)/t45-,46?,66-/m1/s1. The highest BCUT2D eigenvalue weighted by molar-refractivity contribution is 6.90. The number of aliphatic hydroxyl groups is 1. The van der Waals surface area contributed by atoms with Crippen molar-refractivity contribution in [3.8, 4) is 40.2 Å². The fourth-order valence-electron chi connectivity index (χ4n) is 14.7. The summed E-state index contributed by atoms with van der Waals surface area (Å²) in [6.45, 7) is 24.3. The number of carbonyl (C=O) groups is 4. The second kappa shape index (κ2) is 26.7. The van der Waals surface area contributed by atoms with E-state index in [2.05, 4.69) is 75.0 Å². The number of piperazine rings is 1. The summed E-state index contributed by atoms with van der Waals surface area (Å²) in [4.78, 5) is 76.9. The fraction of sp³-hybridized carbons (Fsp3) is 0.567. The molecule has 2 N–H and O–H groups in total. The zero-order chi connectivity index (χ0) is 62.8. The van der Waals surface area contributed by atoms with Crippen LogP contribution in [0.1, 0.15) is 123 Å². The summed E-state index contributed by atoms with van der Waals surface area (Å²) in [5.74, 6) is 3.38. The van der Waals surface area contributed by atoms with Crippen molar-refractivity contribution in [3.05, 3.63) is 71.4 Å². The van der Waals surface area contributed by atoms with Crippen LogP contribution in [0.15, 0.2) is 48.7 Å². The number of carbonyl (C=O) groups excluding carboxylic acids is 4. The van der Waals surface area contributed by atoms with Crippen molar-refractivity contribution in [1.29, 1.82) is 0 Å². The number of imide groups is 1. The van der Waals surface area contributed by atoms with Gasteiger partial charge in [-0.3, -0.25) is 29.6 Å². The van der Waals surface area contributed by atoms with Gasteiger partial charge in [-0.2, -0.15) is 9.97 Å². The number of nitrogens with zero attached hydrogens (tertiary/aromatic N) is 8. The Balaban J connectivity index is 0.797. The van der Waals surface area contributed by atoms with Gasteiger partial charge in [0.2, 0.25) is 5.91 Å². The maximum Gasteiger partial charge on any atom is 0.328 e. The molecule has 3 aromatic carbocycles. The van der Waals surface area contributed by atoms with E-state index < -0.39 is 36.8 Å². The summed E-state index contributed by atoms with van der Waals surface area (Å²) in [6.07, 6.45) is 6.51. The number of piperidine rings is 2. The predicted molar refractivity (Wildman–Crippen MR) is 339 cm³/mol. The van der Waals surface area contributed by atoms with Crippen LogP contribution in [0, 0.1) is 40.3 Å². The number of anilines is 2.